The van der Waals surface area contributed by atoms with Crippen molar-refractivity contribution in [3.8, 4) is 6.07 Å². The van der Waals surface area contributed by atoms with Crippen LogP contribution in [0.1, 0.15) is 16.8 Å². The standard InChI is InChI=1S/C11H17N5/c1-8-9(2)14-15-11(10(8)7-12)16(4)6-5-13-3/h13H,5-6H2,1-4H3. The van der Waals surface area contributed by atoms with Gasteiger partial charge in [0, 0.05) is 20.1 Å². The molecule has 0 amide bonds. The molecule has 0 spiro atoms. The maximum atomic E-state index is 9.14. The number of anilines is 1. The lowest BCUT2D eigenvalue weighted by atomic mass is 10.1. The quantitative estimate of drug-likeness (QED) is 0.804. The Morgan fingerprint density at radius 2 is 2.06 bits per heavy atom. The van der Waals surface area contributed by atoms with E-state index in [-0.39, 0.29) is 0 Å². The molecule has 5 heteroatoms. The Balaban J connectivity index is 3.05. The fraction of sp³-hybridized carbons (Fsp3) is 0.545. The molecule has 1 aromatic heterocycles. The zero-order valence-electron chi connectivity index (χ0n) is 10.2. The number of nitrogens with zero attached hydrogens (tertiary/aromatic N) is 4. The fourth-order valence-electron chi connectivity index (χ4n) is 1.38. The first-order valence-electron chi connectivity index (χ1n) is 5.21. The summed E-state index contributed by atoms with van der Waals surface area (Å²) in [6.07, 6.45) is 0. The zero-order valence-corrected chi connectivity index (χ0v) is 10.2. The predicted octanol–water partition coefficient (Wildman–Crippen LogP) is 0.621. The van der Waals surface area contributed by atoms with E-state index in [1.807, 2.05) is 32.8 Å². The Kier molecular flexibility index (Phi) is 4.20. The van der Waals surface area contributed by atoms with Gasteiger partial charge in [-0.2, -0.15) is 10.4 Å². The van der Waals surface area contributed by atoms with E-state index in [1.54, 1.807) is 0 Å². The minimum atomic E-state index is 0.617. The molecule has 1 N–H and O–H groups in total. The smallest absolute Gasteiger partial charge is 0.169 e. The summed E-state index contributed by atoms with van der Waals surface area (Å²) in [4.78, 5) is 1.94. The van der Waals surface area contributed by atoms with Crippen LogP contribution in [0, 0.1) is 25.2 Å². The monoisotopic (exact) mass is 219 g/mol. The number of hydrogen-bond acceptors (Lipinski definition) is 5. The summed E-state index contributed by atoms with van der Waals surface area (Å²) in [5, 5.41) is 20.3. The van der Waals surface area contributed by atoms with Gasteiger partial charge in [-0.05, 0) is 26.5 Å². The van der Waals surface area contributed by atoms with E-state index in [0.29, 0.717) is 11.4 Å². The molecule has 0 fully saturated rings. The van der Waals surface area contributed by atoms with Crippen LogP contribution in [0.15, 0.2) is 0 Å². The number of rotatable bonds is 4. The number of nitriles is 1. The average Bonchev–Trinajstić information content (AvgIpc) is 2.29. The van der Waals surface area contributed by atoms with Gasteiger partial charge in [-0.3, -0.25) is 0 Å². The van der Waals surface area contributed by atoms with Crippen molar-refractivity contribution in [3.05, 3.63) is 16.8 Å². The highest BCUT2D eigenvalue weighted by Gasteiger charge is 2.13. The number of aryl methyl sites for hydroxylation is 1. The number of aromatic nitrogens is 2. The Labute approximate surface area is 96.1 Å². The number of likely N-dealkylation sites (N-methyl/N-ethyl adjacent to an activating group) is 2. The van der Waals surface area contributed by atoms with Gasteiger partial charge in [-0.15, -0.1) is 5.10 Å². The Morgan fingerprint density at radius 3 is 2.62 bits per heavy atom. The van der Waals surface area contributed by atoms with E-state index in [9.17, 15) is 0 Å². The lowest BCUT2D eigenvalue weighted by Gasteiger charge is -2.19. The molecule has 0 atom stereocenters. The van der Waals surface area contributed by atoms with Crippen molar-refractivity contribution in [2.45, 2.75) is 13.8 Å². The van der Waals surface area contributed by atoms with E-state index in [1.165, 1.54) is 0 Å². The van der Waals surface area contributed by atoms with E-state index in [2.05, 4.69) is 21.6 Å². The van der Waals surface area contributed by atoms with Gasteiger partial charge in [0.2, 0.25) is 0 Å². The molecule has 86 valence electrons. The third kappa shape index (κ3) is 2.47. The van der Waals surface area contributed by atoms with E-state index < -0.39 is 0 Å². The lowest BCUT2D eigenvalue weighted by molar-refractivity contribution is 0.752. The van der Waals surface area contributed by atoms with Gasteiger partial charge in [0.25, 0.3) is 0 Å². The van der Waals surface area contributed by atoms with E-state index >= 15 is 0 Å². The second-order valence-corrected chi connectivity index (χ2v) is 3.75. The van der Waals surface area contributed by atoms with Crippen LogP contribution in [0.25, 0.3) is 0 Å². The Bertz CT molecular complexity index is 408. The van der Waals surface area contributed by atoms with Crippen LogP contribution in [0.3, 0.4) is 0 Å². The second-order valence-electron chi connectivity index (χ2n) is 3.75. The highest BCUT2D eigenvalue weighted by atomic mass is 15.3. The number of nitrogens with one attached hydrogen (secondary N) is 1. The normalized spacial score (nSPS) is 9.94. The topological polar surface area (TPSA) is 64.8 Å². The van der Waals surface area contributed by atoms with Crippen LogP contribution < -0.4 is 10.2 Å². The van der Waals surface area contributed by atoms with Crippen molar-refractivity contribution >= 4 is 5.82 Å². The van der Waals surface area contributed by atoms with Crippen molar-refractivity contribution in [1.29, 1.82) is 5.26 Å². The Hall–Kier alpha value is -1.67. The van der Waals surface area contributed by atoms with Gasteiger partial charge in [0.15, 0.2) is 5.82 Å². The zero-order chi connectivity index (χ0) is 12.1. The summed E-state index contributed by atoms with van der Waals surface area (Å²) in [5.41, 5.74) is 2.33. The Morgan fingerprint density at radius 1 is 1.38 bits per heavy atom. The summed E-state index contributed by atoms with van der Waals surface area (Å²) in [6.45, 7) is 5.40. The van der Waals surface area contributed by atoms with Gasteiger partial charge >= 0.3 is 0 Å². The maximum Gasteiger partial charge on any atom is 0.169 e. The van der Waals surface area contributed by atoms with Crippen molar-refractivity contribution in [1.82, 2.24) is 15.5 Å². The minimum absolute atomic E-state index is 0.617. The molecule has 0 unspecified atom stereocenters. The molecule has 0 radical (unpaired) electrons. The molecule has 1 heterocycles. The van der Waals surface area contributed by atoms with Crippen molar-refractivity contribution in [2.75, 3.05) is 32.1 Å². The van der Waals surface area contributed by atoms with Gasteiger partial charge < -0.3 is 10.2 Å². The third-order valence-electron chi connectivity index (χ3n) is 2.61. The first-order valence-corrected chi connectivity index (χ1v) is 5.21. The van der Waals surface area contributed by atoms with Crippen LogP contribution in [0.4, 0.5) is 5.82 Å². The minimum Gasteiger partial charge on any atom is -0.356 e. The van der Waals surface area contributed by atoms with Gasteiger partial charge in [-0.1, -0.05) is 0 Å². The first-order chi connectivity index (χ1) is 7.61. The molecule has 5 nitrogen and oxygen atoms in total. The lowest BCUT2D eigenvalue weighted by Crippen LogP contribution is -2.29. The molecule has 0 bridgehead atoms. The molecule has 0 saturated heterocycles. The molecule has 0 aliphatic heterocycles. The molecule has 0 aliphatic carbocycles. The molecule has 0 aliphatic rings. The van der Waals surface area contributed by atoms with Crippen molar-refractivity contribution < 1.29 is 0 Å². The second kappa shape index (κ2) is 5.42. The molecule has 0 aromatic carbocycles. The molecular weight excluding hydrogens is 202 g/mol. The summed E-state index contributed by atoms with van der Waals surface area (Å²) in [5.74, 6) is 0.654. The van der Waals surface area contributed by atoms with Crippen LogP contribution in [0.5, 0.6) is 0 Å². The summed E-state index contributed by atoms with van der Waals surface area (Å²) in [6, 6.07) is 2.20. The highest BCUT2D eigenvalue weighted by Crippen LogP contribution is 2.19. The van der Waals surface area contributed by atoms with Crippen LogP contribution in [-0.2, 0) is 0 Å². The SMILES string of the molecule is CNCCN(C)c1nnc(C)c(C)c1C#N. The molecule has 1 rings (SSSR count). The first kappa shape index (κ1) is 12.4. The van der Waals surface area contributed by atoms with Gasteiger partial charge in [0.05, 0.1) is 5.69 Å². The molecule has 16 heavy (non-hydrogen) atoms. The summed E-state index contributed by atoms with van der Waals surface area (Å²) < 4.78 is 0. The van der Waals surface area contributed by atoms with Gasteiger partial charge in [0.1, 0.15) is 11.6 Å². The fourth-order valence-corrected chi connectivity index (χ4v) is 1.38. The predicted molar refractivity (Wildman–Crippen MR) is 63.4 cm³/mol. The maximum absolute atomic E-state index is 9.14. The van der Waals surface area contributed by atoms with Crippen LogP contribution >= 0.6 is 0 Å². The van der Waals surface area contributed by atoms with Crippen LogP contribution in [-0.4, -0.2) is 37.4 Å². The van der Waals surface area contributed by atoms with E-state index in [0.717, 1.165) is 24.3 Å². The molecule has 0 saturated carbocycles. The molecule has 1 aromatic rings. The largest absolute Gasteiger partial charge is 0.356 e. The third-order valence-corrected chi connectivity index (χ3v) is 2.61. The number of hydrogen-bond donors (Lipinski definition) is 1. The van der Waals surface area contributed by atoms with Crippen LogP contribution in [0.2, 0.25) is 0 Å². The highest BCUT2D eigenvalue weighted by molar-refractivity contribution is 5.57. The summed E-state index contributed by atoms with van der Waals surface area (Å²) in [7, 11) is 3.81. The van der Waals surface area contributed by atoms with Crippen molar-refractivity contribution in [2.24, 2.45) is 0 Å². The average molecular weight is 219 g/mol. The van der Waals surface area contributed by atoms with E-state index in [4.69, 9.17) is 5.26 Å². The van der Waals surface area contributed by atoms with Gasteiger partial charge in [-0.25, -0.2) is 0 Å². The van der Waals surface area contributed by atoms with Crippen molar-refractivity contribution in [3.63, 3.8) is 0 Å². The molecular formula is C11H17N5. The summed E-state index contributed by atoms with van der Waals surface area (Å²) >= 11 is 0.